The van der Waals surface area contributed by atoms with Crippen LogP contribution in [0.25, 0.3) is 10.2 Å². The number of rotatable bonds is 2. The molecule has 0 amide bonds. The first-order valence-corrected chi connectivity index (χ1v) is 7.44. The average molecular weight is 300 g/mol. The number of benzene rings is 2. The molecule has 0 radical (unpaired) electrons. The average Bonchev–Trinajstić information content (AvgIpc) is 2.89. The van der Waals surface area contributed by atoms with Crippen LogP contribution in [-0.4, -0.2) is 15.2 Å². The van der Waals surface area contributed by atoms with E-state index in [1.165, 1.54) is 11.3 Å². The predicted molar refractivity (Wildman–Crippen MR) is 86.9 cm³/mol. The highest BCUT2D eigenvalue weighted by Gasteiger charge is 2.15. The summed E-state index contributed by atoms with van der Waals surface area (Å²) in [4.78, 5) is 4.63. The largest absolute Gasteiger partial charge is 0.508 e. The molecule has 0 unspecified atom stereocenters. The fourth-order valence-electron chi connectivity index (χ4n) is 2.29. The molecule has 0 bridgehead atoms. The number of hydrogen-bond acceptors (Lipinski definition) is 5. The summed E-state index contributed by atoms with van der Waals surface area (Å²) in [6.45, 7) is 5.79. The van der Waals surface area contributed by atoms with Crippen LogP contribution >= 0.6 is 11.3 Å². The van der Waals surface area contributed by atoms with Crippen molar-refractivity contribution < 1.29 is 10.2 Å². The fourth-order valence-corrected chi connectivity index (χ4v) is 3.34. The number of thiazole rings is 1. The molecule has 1 aromatic heterocycles. The van der Waals surface area contributed by atoms with E-state index in [9.17, 15) is 10.2 Å². The third-order valence-corrected chi connectivity index (χ3v) is 4.80. The van der Waals surface area contributed by atoms with Gasteiger partial charge in [0.05, 0.1) is 10.2 Å². The van der Waals surface area contributed by atoms with E-state index in [1.54, 1.807) is 24.3 Å². The van der Waals surface area contributed by atoms with Crippen molar-refractivity contribution >= 4 is 32.4 Å². The number of aryl methyl sites for hydroxylation is 2. The van der Waals surface area contributed by atoms with Gasteiger partial charge in [-0.2, -0.15) is 0 Å². The summed E-state index contributed by atoms with van der Waals surface area (Å²) >= 11 is 1.52. The van der Waals surface area contributed by atoms with Crippen LogP contribution in [0.2, 0.25) is 0 Å². The van der Waals surface area contributed by atoms with E-state index in [2.05, 4.69) is 10.3 Å². The summed E-state index contributed by atoms with van der Waals surface area (Å²) < 4.78 is 0.997. The maximum absolute atomic E-state index is 10.1. The molecule has 0 saturated carbocycles. The Morgan fingerprint density at radius 3 is 2.29 bits per heavy atom. The Morgan fingerprint density at radius 1 is 0.952 bits per heavy atom. The zero-order valence-corrected chi connectivity index (χ0v) is 12.9. The van der Waals surface area contributed by atoms with Crippen molar-refractivity contribution in [1.82, 2.24) is 4.98 Å². The highest BCUT2D eigenvalue weighted by Crippen LogP contribution is 2.39. The molecule has 3 rings (SSSR count). The van der Waals surface area contributed by atoms with E-state index >= 15 is 0 Å². The van der Waals surface area contributed by atoms with Crippen molar-refractivity contribution in [3.63, 3.8) is 0 Å². The van der Waals surface area contributed by atoms with Crippen LogP contribution in [0.4, 0.5) is 10.8 Å². The molecule has 5 heteroatoms. The van der Waals surface area contributed by atoms with Crippen LogP contribution in [0.5, 0.6) is 11.5 Å². The van der Waals surface area contributed by atoms with Gasteiger partial charge in [0, 0.05) is 11.3 Å². The molecule has 0 atom stereocenters. The lowest BCUT2D eigenvalue weighted by Crippen LogP contribution is -1.90. The molecule has 0 saturated heterocycles. The van der Waals surface area contributed by atoms with Gasteiger partial charge in [0.2, 0.25) is 0 Å². The number of fused-ring (bicyclic) bond motifs is 1. The van der Waals surface area contributed by atoms with Gasteiger partial charge in [-0.1, -0.05) is 11.3 Å². The maximum atomic E-state index is 10.1. The van der Waals surface area contributed by atoms with Crippen molar-refractivity contribution in [3.8, 4) is 11.5 Å². The number of nitrogens with zero attached hydrogens (tertiary/aromatic N) is 1. The lowest BCUT2D eigenvalue weighted by atomic mass is 10.0. The number of phenolic OH excluding ortho intramolecular Hbond substituents is 2. The Morgan fingerprint density at radius 2 is 1.62 bits per heavy atom. The summed E-state index contributed by atoms with van der Waals surface area (Å²) in [5, 5.41) is 23.4. The number of phenols is 2. The van der Waals surface area contributed by atoms with Crippen LogP contribution in [0, 0.1) is 20.8 Å². The molecule has 108 valence electrons. The normalized spacial score (nSPS) is 11.0. The zero-order valence-electron chi connectivity index (χ0n) is 12.1. The summed E-state index contributed by atoms with van der Waals surface area (Å²) in [6.07, 6.45) is 0. The van der Waals surface area contributed by atoms with E-state index in [-0.39, 0.29) is 5.75 Å². The lowest BCUT2D eigenvalue weighted by Gasteiger charge is -2.07. The molecule has 0 aliphatic carbocycles. The van der Waals surface area contributed by atoms with E-state index in [0.29, 0.717) is 5.75 Å². The molecular weight excluding hydrogens is 284 g/mol. The molecule has 2 aromatic carbocycles. The van der Waals surface area contributed by atoms with Gasteiger partial charge in [-0.3, -0.25) is 0 Å². The minimum atomic E-state index is 0.233. The summed E-state index contributed by atoms with van der Waals surface area (Å²) in [6, 6.07) is 6.85. The molecule has 21 heavy (non-hydrogen) atoms. The first kappa shape index (κ1) is 13.7. The number of aromatic hydroxyl groups is 2. The van der Waals surface area contributed by atoms with Crippen molar-refractivity contribution in [2.45, 2.75) is 20.8 Å². The van der Waals surface area contributed by atoms with Gasteiger partial charge in [0.25, 0.3) is 0 Å². The number of nitrogens with one attached hydrogen (secondary N) is 1. The van der Waals surface area contributed by atoms with Gasteiger partial charge >= 0.3 is 0 Å². The molecule has 1 heterocycles. The Kier molecular flexibility index (Phi) is 3.22. The Hall–Kier alpha value is -2.27. The smallest absolute Gasteiger partial charge is 0.188 e. The zero-order chi connectivity index (χ0) is 15.1. The van der Waals surface area contributed by atoms with E-state index in [1.807, 2.05) is 20.8 Å². The molecule has 0 aliphatic heterocycles. The predicted octanol–water partition coefficient (Wildman–Crippen LogP) is 4.38. The fraction of sp³-hybridized carbons (Fsp3) is 0.188. The standard InChI is InChI=1S/C16H16N2O2S/c1-8-9(2)14(20)10(3)15-13(8)18-16(21-15)17-11-4-6-12(19)7-5-11/h4-7,19-20H,1-3H3,(H,17,18). The summed E-state index contributed by atoms with van der Waals surface area (Å²) in [5.74, 6) is 0.580. The first-order chi connectivity index (χ1) is 9.97. The van der Waals surface area contributed by atoms with E-state index < -0.39 is 0 Å². The third-order valence-electron chi connectivity index (χ3n) is 3.71. The number of aromatic nitrogens is 1. The molecule has 0 spiro atoms. The topological polar surface area (TPSA) is 65.4 Å². The number of hydrogen-bond donors (Lipinski definition) is 3. The van der Waals surface area contributed by atoms with Crippen molar-refractivity contribution in [2.75, 3.05) is 5.32 Å². The van der Waals surface area contributed by atoms with Gasteiger partial charge in [0.1, 0.15) is 11.5 Å². The summed E-state index contributed by atoms with van der Waals surface area (Å²) in [5.41, 5.74) is 4.53. The van der Waals surface area contributed by atoms with E-state index in [0.717, 1.165) is 37.7 Å². The van der Waals surface area contributed by atoms with Crippen LogP contribution < -0.4 is 5.32 Å². The maximum Gasteiger partial charge on any atom is 0.188 e. The second kappa shape index (κ2) is 4.93. The lowest BCUT2D eigenvalue weighted by molar-refractivity contribution is 0.467. The van der Waals surface area contributed by atoms with Crippen LogP contribution in [0.15, 0.2) is 24.3 Å². The second-order valence-corrected chi connectivity index (χ2v) is 6.09. The second-order valence-electron chi connectivity index (χ2n) is 5.09. The van der Waals surface area contributed by atoms with Crippen molar-refractivity contribution in [2.24, 2.45) is 0 Å². The SMILES string of the molecule is Cc1c(O)c(C)c2sc(Nc3ccc(O)cc3)nc2c1C. The number of anilines is 2. The Balaban J connectivity index is 2.07. The van der Waals surface area contributed by atoms with Gasteiger partial charge in [-0.05, 0) is 56.2 Å². The summed E-state index contributed by atoms with van der Waals surface area (Å²) in [7, 11) is 0. The monoisotopic (exact) mass is 300 g/mol. The van der Waals surface area contributed by atoms with Crippen molar-refractivity contribution in [3.05, 3.63) is 41.0 Å². The molecule has 0 fully saturated rings. The van der Waals surface area contributed by atoms with Gasteiger partial charge < -0.3 is 15.5 Å². The van der Waals surface area contributed by atoms with Crippen LogP contribution in [0.1, 0.15) is 16.7 Å². The minimum Gasteiger partial charge on any atom is -0.508 e. The van der Waals surface area contributed by atoms with Gasteiger partial charge in [0.15, 0.2) is 5.13 Å². The molecular formula is C16H16N2O2S. The van der Waals surface area contributed by atoms with E-state index in [4.69, 9.17) is 0 Å². The minimum absolute atomic E-state index is 0.233. The highest BCUT2D eigenvalue weighted by atomic mass is 32.1. The van der Waals surface area contributed by atoms with Crippen LogP contribution in [-0.2, 0) is 0 Å². The molecule has 3 N–H and O–H groups in total. The molecule has 0 aliphatic rings. The van der Waals surface area contributed by atoms with Crippen LogP contribution in [0.3, 0.4) is 0 Å². The van der Waals surface area contributed by atoms with Gasteiger partial charge in [-0.15, -0.1) is 0 Å². The Bertz CT molecular complexity index is 778. The van der Waals surface area contributed by atoms with Crippen molar-refractivity contribution in [1.29, 1.82) is 0 Å². The molecule has 4 nitrogen and oxygen atoms in total. The Labute approximate surface area is 126 Å². The highest BCUT2D eigenvalue weighted by molar-refractivity contribution is 7.22. The molecule has 3 aromatic rings. The van der Waals surface area contributed by atoms with Gasteiger partial charge in [-0.25, -0.2) is 4.98 Å². The first-order valence-electron chi connectivity index (χ1n) is 6.62. The third kappa shape index (κ3) is 2.29. The quantitative estimate of drug-likeness (QED) is 0.615.